The molecule has 6 heteroatoms. The van der Waals surface area contributed by atoms with Crippen LogP contribution in [0.1, 0.15) is 23.7 Å². The predicted molar refractivity (Wildman–Crippen MR) is 83.6 cm³/mol. The smallest absolute Gasteiger partial charge is 0.269 e. The van der Waals surface area contributed by atoms with Crippen LogP contribution >= 0.6 is 22.7 Å². The number of nitrogens with one attached hydrogen (secondary N) is 2. The van der Waals surface area contributed by atoms with E-state index in [1.165, 1.54) is 21.1 Å². The molecule has 3 rings (SSSR count). The fraction of sp³-hybridized carbons (Fsp3) is 0.286. The quantitative estimate of drug-likeness (QED) is 0.772. The van der Waals surface area contributed by atoms with Crippen LogP contribution in [0.5, 0.6) is 0 Å². The zero-order valence-electron chi connectivity index (χ0n) is 11.3. The molecule has 0 spiro atoms. The minimum absolute atomic E-state index is 0.0309. The number of hydrogen-bond acceptors (Lipinski definition) is 4. The van der Waals surface area contributed by atoms with E-state index < -0.39 is 0 Å². The van der Waals surface area contributed by atoms with Crippen LogP contribution in [0.4, 0.5) is 0 Å². The van der Waals surface area contributed by atoms with Crippen molar-refractivity contribution in [2.75, 3.05) is 7.05 Å². The Morgan fingerprint density at radius 1 is 1.35 bits per heavy atom. The summed E-state index contributed by atoms with van der Waals surface area (Å²) in [5.41, 5.74) is 0.766. The molecule has 0 saturated heterocycles. The predicted octanol–water partition coefficient (Wildman–Crippen LogP) is 1.82. The normalized spacial score (nSPS) is 14.5. The zero-order chi connectivity index (χ0) is 14.1. The summed E-state index contributed by atoms with van der Waals surface area (Å²) in [5.74, 6) is 0.752. The molecule has 1 unspecified atom stereocenters. The molecule has 20 heavy (non-hydrogen) atoms. The molecule has 0 aliphatic heterocycles. The lowest BCUT2D eigenvalue weighted by molar-refractivity contribution is -0.924. The van der Waals surface area contributed by atoms with E-state index in [0.29, 0.717) is 17.3 Å². The van der Waals surface area contributed by atoms with E-state index in [4.69, 9.17) is 0 Å². The van der Waals surface area contributed by atoms with Gasteiger partial charge in [0.2, 0.25) is 0 Å². The lowest BCUT2D eigenvalue weighted by Crippen LogP contribution is -3.07. The molecule has 3 aromatic heterocycles. The number of quaternary nitrogens is 1. The van der Waals surface area contributed by atoms with Crippen molar-refractivity contribution in [3.8, 4) is 0 Å². The molecule has 3 heterocycles. The van der Waals surface area contributed by atoms with Crippen molar-refractivity contribution in [3.63, 3.8) is 0 Å². The Labute approximate surface area is 124 Å². The van der Waals surface area contributed by atoms with E-state index >= 15 is 0 Å². The standard InChI is InChI=1S/C14H15N3OS2/c1-9(11-4-3-6-19-11)17(2)8-12-15-10-5-7-20-13(10)14(18)16-12/h3-7,9H,8H2,1-2H3,(H,15,16,18)/p+1/t9-/m1/s1. The number of hydrogen-bond donors (Lipinski definition) is 2. The first-order valence-electron chi connectivity index (χ1n) is 6.47. The molecule has 3 aromatic rings. The van der Waals surface area contributed by atoms with Gasteiger partial charge in [0.25, 0.3) is 5.56 Å². The highest BCUT2D eigenvalue weighted by Crippen LogP contribution is 2.16. The molecule has 0 aromatic carbocycles. The lowest BCUT2D eigenvalue weighted by Gasteiger charge is -2.20. The second-order valence-corrected chi connectivity index (χ2v) is 6.80. The molecule has 0 aliphatic rings. The zero-order valence-corrected chi connectivity index (χ0v) is 13.0. The SMILES string of the molecule is C[C@H](c1cccs1)[NH+](C)Cc1nc2ccsc2c(=O)[nH]1. The highest BCUT2D eigenvalue weighted by Gasteiger charge is 2.18. The maximum Gasteiger partial charge on any atom is 0.269 e. The first kappa shape index (κ1) is 13.5. The number of H-pyrrole nitrogens is 1. The van der Waals surface area contributed by atoms with Gasteiger partial charge in [0.15, 0.2) is 5.82 Å². The van der Waals surface area contributed by atoms with Crippen LogP contribution in [0.25, 0.3) is 10.2 Å². The number of rotatable bonds is 4. The Morgan fingerprint density at radius 2 is 2.20 bits per heavy atom. The third-order valence-corrected chi connectivity index (χ3v) is 5.48. The molecule has 4 nitrogen and oxygen atoms in total. The van der Waals surface area contributed by atoms with Crippen LogP contribution in [0.2, 0.25) is 0 Å². The van der Waals surface area contributed by atoms with Gasteiger partial charge in [-0.05, 0) is 29.8 Å². The van der Waals surface area contributed by atoms with Gasteiger partial charge in [-0.1, -0.05) is 6.07 Å². The maximum absolute atomic E-state index is 11.9. The number of thiophene rings is 2. The van der Waals surface area contributed by atoms with Gasteiger partial charge in [-0.15, -0.1) is 22.7 Å². The summed E-state index contributed by atoms with van der Waals surface area (Å²) >= 11 is 3.20. The van der Waals surface area contributed by atoms with Crippen LogP contribution in [-0.2, 0) is 6.54 Å². The highest BCUT2D eigenvalue weighted by molar-refractivity contribution is 7.17. The van der Waals surface area contributed by atoms with E-state index in [0.717, 1.165) is 11.3 Å². The van der Waals surface area contributed by atoms with Gasteiger partial charge < -0.3 is 9.88 Å². The van der Waals surface area contributed by atoms with Gasteiger partial charge in [0.1, 0.15) is 17.3 Å². The van der Waals surface area contributed by atoms with Gasteiger partial charge in [-0.3, -0.25) is 4.79 Å². The summed E-state index contributed by atoms with van der Waals surface area (Å²) in [6, 6.07) is 6.51. The average molecular weight is 306 g/mol. The Morgan fingerprint density at radius 3 is 2.95 bits per heavy atom. The summed E-state index contributed by atoms with van der Waals surface area (Å²) in [7, 11) is 2.13. The fourth-order valence-electron chi connectivity index (χ4n) is 2.20. The highest BCUT2D eigenvalue weighted by atomic mass is 32.1. The third-order valence-electron chi connectivity index (χ3n) is 3.52. The second kappa shape index (κ2) is 5.47. The van der Waals surface area contributed by atoms with Gasteiger partial charge >= 0.3 is 0 Å². The third kappa shape index (κ3) is 2.54. The summed E-state index contributed by atoms with van der Waals surface area (Å²) in [6.45, 7) is 2.91. The number of fused-ring (bicyclic) bond motifs is 1. The van der Waals surface area contributed by atoms with E-state index in [1.54, 1.807) is 11.3 Å². The van der Waals surface area contributed by atoms with Crippen LogP contribution in [0.3, 0.4) is 0 Å². The molecule has 0 bridgehead atoms. The van der Waals surface area contributed by atoms with Crippen molar-refractivity contribution >= 4 is 32.9 Å². The fourth-order valence-corrected chi connectivity index (χ4v) is 3.81. The van der Waals surface area contributed by atoms with Crippen molar-refractivity contribution in [2.24, 2.45) is 0 Å². The topological polar surface area (TPSA) is 50.2 Å². The first-order chi connectivity index (χ1) is 9.65. The summed E-state index contributed by atoms with van der Waals surface area (Å²) < 4.78 is 0.706. The molecule has 0 amide bonds. The summed E-state index contributed by atoms with van der Waals surface area (Å²) in [5, 5.41) is 4.00. The molecule has 0 fully saturated rings. The number of aromatic nitrogens is 2. The van der Waals surface area contributed by atoms with Gasteiger partial charge in [0, 0.05) is 0 Å². The molecule has 2 atom stereocenters. The van der Waals surface area contributed by atoms with Crippen LogP contribution in [0.15, 0.2) is 33.8 Å². The molecular formula is C14H16N3OS2+. The Kier molecular flexibility index (Phi) is 3.69. The Balaban J connectivity index is 1.83. The van der Waals surface area contributed by atoms with Crippen molar-refractivity contribution in [1.29, 1.82) is 0 Å². The molecule has 104 valence electrons. The minimum atomic E-state index is -0.0309. The molecular weight excluding hydrogens is 290 g/mol. The van der Waals surface area contributed by atoms with Crippen LogP contribution < -0.4 is 10.5 Å². The van der Waals surface area contributed by atoms with Crippen LogP contribution in [0, 0.1) is 0 Å². The largest absolute Gasteiger partial charge is 0.324 e. The van der Waals surface area contributed by atoms with Crippen molar-refractivity contribution in [1.82, 2.24) is 9.97 Å². The maximum atomic E-state index is 11.9. The van der Waals surface area contributed by atoms with E-state index in [2.05, 4.69) is 41.5 Å². The monoisotopic (exact) mass is 306 g/mol. The Bertz CT molecular complexity index is 760. The Hall–Kier alpha value is -1.50. The van der Waals surface area contributed by atoms with Gasteiger partial charge in [-0.2, -0.15) is 0 Å². The molecule has 2 N–H and O–H groups in total. The number of nitrogens with zero attached hydrogens (tertiary/aromatic N) is 1. The van der Waals surface area contributed by atoms with E-state index in [9.17, 15) is 4.79 Å². The van der Waals surface area contributed by atoms with Crippen molar-refractivity contribution < 1.29 is 4.90 Å². The molecule has 0 saturated carbocycles. The first-order valence-corrected chi connectivity index (χ1v) is 8.23. The second-order valence-electron chi connectivity index (χ2n) is 4.91. The van der Waals surface area contributed by atoms with Crippen molar-refractivity contribution in [3.05, 3.63) is 50.0 Å². The summed E-state index contributed by atoms with van der Waals surface area (Å²) in [6.07, 6.45) is 0. The minimum Gasteiger partial charge on any atom is -0.324 e. The van der Waals surface area contributed by atoms with Gasteiger partial charge in [0.05, 0.1) is 17.4 Å². The van der Waals surface area contributed by atoms with E-state index in [-0.39, 0.29) is 5.56 Å². The average Bonchev–Trinajstić information content (AvgIpc) is 3.08. The van der Waals surface area contributed by atoms with Gasteiger partial charge in [-0.25, -0.2) is 4.98 Å². The summed E-state index contributed by atoms with van der Waals surface area (Å²) in [4.78, 5) is 22.0. The lowest BCUT2D eigenvalue weighted by atomic mass is 10.2. The molecule has 0 aliphatic carbocycles. The van der Waals surface area contributed by atoms with Crippen molar-refractivity contribution in [2.45, 2.75) is 19.5 Å². The van der Waals surface area contributed by atoms with Crippen LogP contribution in [-0.4, -0.2) is 17.0 Å². The van der Waals surface area contributed by atoms with E-state index in [1.807, 2.05) is 11.4 Å². The number of aromatic amines is 1. The molecule has 0 radical (unpaired) electrons.